The molecule has 3 aromatic rings. The molecule has 0 unspecified atom stereocenters. The van der Waals surface area contributed by atoms with Crippen LogP contribution in [0.2, 0.25) is 0 Å². The smallest absolute Gasteiger partial charge is 0.256 e. The Morgan fingerprint density at radius 3 is 2.97 bits per heavy atom. The third kappa shape index (κ3) is 3.96. The number of aromatic nitrogens is 3. The van der Waals surface area contributed by atoms with Crippen LogP contribution in [-0.2, 0) is 6.54 Å². The zero-order valence-corrected chi connectivity index (χ0v) is 17.2. The van der Waals surface area contributed by atoms with Crippen molar-refractivity contribution in [1.29, 1.82) is 0 Å². The number of nitrogens with one attached hydrogen (secondary N) is 1. The average molecular weight is 393 g/mol. The third-order valence-electron chi connectivity index (χ3n) is 5.57. The van der Waals surface area contributed by atoms with Crippen molar-refractivity contribution in [1.82, 2.24) is 25.0 Å². The van der Waals surface area contributed by atoms with Gasteiger partial charge in [-0.15, -0.1) is 0 Å². The highest BCUT2D eigenvalue weighted by Gasteiger charge is 2.27. The van der Waals surface area contributed by atoms with Gasteiger partial charge in [-0.2, -0.15) is 5.10 Å². The van der Waals surface area contributed by atoms with E-state index in [-0.39, 0.29) is 11.8 Å². The zero-order chi connectivity index (χ0) is 20.4. The van der Waals surface area contributed by atoms with E-state index < -0.39 is 0 Å². The number of hydrogen-bond acceptors (Lipinski definition) is 5. The van der Waals surface area contributed by atoms with Gasteiger partial charge in [0.1, 0.15) is 11.3 Å². The predicted octanol–water partition coefficient (Wildman–Crippen LogP) is 3.05. The Kier molecular flexibility index (Phi) is 5.49. The molecular weight excluding hydrogens is 366 g/mol. The number of H-pyrrole nitrogens is 1. The molecule has 1 aromatic carbocycles. The van der Waals surface area contributed by atoms with Crippen molar-refractivity contribution in [3.8, 4) is 5.75 Å². The van der Waals surface area contributed by atoms with Crippen LogP contribution in [0.1, 0.15) is 40.5 Å². The van der Waals surface area contributed by atoms with Gasteiger partial charge in [0.15, 0.2) is 0 Å². The second kappa shape index (κ2) is 8.21. The van der Waals surface area contributed by atoms with E-state index in [1.807, 2.05) is 18.2 Å². The van der Waals surface area contributed by atoms with Gasteiger partial charge >= 0.3 is 0 Å². The molecule has 0 spiro atoms. The van der Waals surface area contributed by atoms with Crippen molar-refractivity contribution >= 4 is 16.8 Å². The standard InChI is InChI=1S/C22H27N5O2/c1-26(2)22(28)18-12-23-25-20(18)16-7-5-11-27(13-16)14-17-10-9-15-6-4-8-19(29-3)21(15)24-17/h4,6,8-10,12,16H,5,7,11,13-14H2,1-3H3,(H,23,25)/t16-/m1/s1. The summed E-state index contributed by atoms with van der Waals surface area (Å²) in [5.41, 5.74) is 3.54. The monoisotopic (exact) mass is 393 g/mol. The Bertz CT molecular complexity index is 1010. The maximum atomic E-state index is 12.5. The first-order valence-corrected chi connectivity index (χ1v) is 9.96. The van der Waals surface area contributed by atoms with Crippen molar-refractivity contribution in [2.45, 2.75) is 25.3 Å². The molecule has 7 nitrogen and oxygen atoms in total. The largest absolute Gasteiger partial charge is 0.494 e. The quantitative estimate of drug-likeness (QED) is 0.721. The summed E-state index contributed by atoms with van der Waals surface area (Å²) in [5.74, 6) is 1.06. The van der Waals surface area contributed by atoms with E-state index in [9.17, 15) is 4.79 Å². The maximum Gasteiger partial charge on any atom is 0.256 e. The number of methoxy groups -OCH3 is 1. The fourth-order valence-electron chi connectivity index (χ4n) is 4.10. The molecule has 0 radical (unpaired) electrons. The normalized spacial score (nSPS) is 17.4. The van der Waals surface area contributed by atoms with Gasteiger partial charge in [0.25, 0.3) is 5.91 Å². The minimum atomic E-state index is -0.00540. The minimum Gasteiger partial charge on any atom is -0.494 e. The lowest BCUT2D eigenvalue weighted by molar-refractivity contribution is 0.0825. The molecular formula is C22H27N5O2. The summed E-state index contributed by atoms with van der Waals surface area (Å²) in [4.78, 5) is 21.3. The van der Waals surface area contributed by atoms with Crippen molar-refractivity contribution < 1.29 is 9.53 Å². The molecule has 1 aliphatic rings. The van der Waals surface area contributed by atoms with E-state index in [2.05, 4.69) is 27.2 Å². The summed E-state index contributed by atoms with van der Waals surface area (Å²) >= 11 is 0. The van der Waals surface area contributed by atoms with Crippen LogP contribution in [0.3, 0.4) is 0 Å². The third-order valence-corrected chi connectivity index (χ3v) is 5.57. The van der Waals surface area contributed by atoms with Crippen LogP contribution in [0.5, 0.6) is 5.75 Å². The summed E-state index contributed by atoms with van der Waals surface area (Å²) in [6.07, 6.45) is 3.77. The Hall–Kier alpha value is -2.93. The van der Waals surface area contributed by atoms with E-state index in [0.29, 0.717) is 5.56 Å². The Balaban J connectivity index is 1.52. The van der Waals surface area contributed by atoms with Crippen molar-refractivity contribution in [3.05, 3.63) is 53.5 Å². The Morgan fingerprint density at radius 2 is 2.17 bits per heavy atom. The summed E-state index contributed by atoms with van der Waals surface area (Å²) in [5, 5.41) is 8.30. The molecule has 4 rings (SSSR count). The number of hydrogen-bond donors (Lipinski definition) is 1. The number of rotatable bonds is 5. The van der Waals surface area contributed by atoms with Crippen LogP contribution in [0, 0.1) is 0 Å². The lowest BCUT2D eigenvalue weighted by atomic mass is 9.92. The first-order chi connectivity index (χ1) is 14.1. The molecule has 1 N–H and O–H groups in total. The van der Waals surface area contributed by atoms with Gasteiger partial charge in [0.2, 0.25) is 0 Å². The number of amides is 1. The fourth-order valence-corrected chi connectivity index (χ4v) is 4.10. The topological polar surface area (TPSA) is 74.3 Å². The van der Waals surface area contributed by atoms with Gasteiger partial charge in [-0.05, 0) is 31.5 Å². The molecule has 1 saturated heterocycles. The van der Waals surface area contributed by atoms with Crippen LogP contribution in [0.4, 0.5) is 0 Å². The first kappa shape index (κ1) is 19.4. The molecule has 2 aromatic heterocycles. The van der Waals surface area contributed by atoms with Crippen LogP contribution in [0.15, 0.2) is 36.5 Å². The second-order valence-electron chi connectivity index (χ2n) is 7.81. The molecule has 0 aliphatic carbocycles. The van der Waals surface area contributed by atoms with Gasteiger partial charge in [-0.25, -0.2) is 4.98 Å². The van der Waals surface area contributed by atoms with E-state index in [0.717, 1.165) is 60.5 Å². The molecule has 7 heteroatoms. The van der Waals surface area contributed by atoms with Gasteiger partial charge in [0, 0.05) is 38.5 Å². The van der Waals surface area contributed by atoms with Gasteiger partial charge < -0.3 is 9.64 Å². The highest BCUT2D eigenvalue weighted by molar-refractivity contribution is 5.94. The van der Waals surface area contributed by atoms with Crippen LogP contribution in [0.25, 0.3) is 10.9 Å². The number of fused-ring (bicyclic) bond motifs is 1. The molecule has 3 heterocycles. The van der Waals surface area contributed by atoms with Gasteiger partial charge in [0.05, 0.1) is 30.3 Å². The average Bonchev–Trinajstić information content (AvgIpc) is 3.22. The minimum absolute atomic E-state index is 0.00540. The first-order valence-electron chi connectivity index (χ1n) is 9.96. The summed E-state index contributed by atoms with van der Waals surface area (Å²) in [6.45, 7) is 2.67. The van der Waals surface area contributed by atoms with E-state index in [4.69, 9.17) is 9.72 Å². The van der Waals surface area contributed by atoms with E-state index >= 15 is 0 Å². The molecule has 29 heavy (non-hydrogen) atoms. The predicted molar refractivity (Wildman–Crippen MR) is 112 cm³/mol. The highest BCUT2D eigenvalue weighted by atomic mass is 16.5. The molecule has 1 atom stereocenters. The van der Waals surface area contributed by atoms with Crippen molar-refractivity contribution in [3.63, 3.8) is 0 Å². The fraction of sp³-hybridized carbons (Fsp3) is 0.409. The summed E-state index contributed by atoms with van der Waals surface area (Å²) in [6, 6.07) is 10.2. The zero-order valence-electron chi connectivity index (χ0n) is 17.2. The SMILES string of the molecule is COc1cccc2ccc(CN3CCC[C@@H](c4[nH]ncc4C(=O)N(C)C)C3)nc12. The summed E-state index contributed by atoms with van der Waals surface area (Å²) < 4.78 is 5.47. The Labute approximate surface area is 170 Å². The number of pyridine rings is 1. The lowest BCUT2D eigenvalue weighted by Gasteiger charge is -2.32. The van der Waals surface area contributed by atoms with E-state index in [1.54, 1.807) is 32.3 Å². The van der Waals surface area contributed by atoms with Crippen LogP contribution < -0.4 is 4.74 Å². The number of benzene rings is 1. The maximum absolute atomic E-state index is 12.5. The number of aromatic amines is 1. The van der Waals surface area contributed by atoms with Gasteiger partial charge in [-0.1, -0.05) is 18.2 Å². The molecule has 1 amide bonds. The molecule has 1 fully saturated rings. The number of nitrogens with zero attached hydrogens (tertiary/aromatic N) is 4. The van der Waals surface area contributed by atoms with E-state index in [1.165, 1.54) is 0 Å². The molecule has 0 saturated carbocycles. The number of ether oxygens (including phenoxy) is 1. The van der Waals surface area contributed by atoms with Crippen LogP contribution >= 0.6 is 0 Å². The number of para-hydroxylation sites is 1. The second-order valence-corrected chi connectivity index (χ2v) is 7.81. The number of likely N-dealkylation sites (tertiary alicyclic amines) is 1. The van der Waals surface area contributed by atoms with Crippen molar-refractivity contribution in [2.75, 3.05) is 34.3 Å². The Morgan fingerprint density at radius 1 is 1.31 bits per heavy atom. The summed E-state index contributed by atoms with van der Waals surface area (Å²) in [7, 11) is 5.22. The van der Waals surface area contributed by atoms with Crippen LogP contribution in [-0.4, -0.2) is 65.2 Å². The number of carbonyl (C=O) groups excluding carboxylic acids is 1. The molecule has 0 bridgehead atoms. The number of carbonyl (C=O) groups is 1. The van der Waals surface area contributed by atoms with Crippen molar-refractivity contribution in [2.24, 2.45) is 0 Å². The highest BCUT2D eigenvalue weighted by Crippen LogP contribution is 2.29. The molecule has 152 valence electrons. The van der Waals surface area contributed by atoms with Gasteiger partial charge in [-0.3, -0.25) is 14.8 Å². The number of piperidine rings is 1. The lowest BCUT2D eigenvalue weighted by Crippen LogP contribution is -2.35. The molecule has 1 aliphatic heterocycles.